The van der Waals surface area contributed by atoms with Crippen molar-refractivity contribution in [1.82, 2.24) is 15.6 Å². The average molecular weight is 381 g/mol. The van der Waals surface area contributed by atoms with Gasteiger partial charge in [0.05, 0.1) is 0 Å². The van der Waals surface area contributed by atoms with Crippen LogP contribution >= 0.6 is 12.2 Å². The Balaban J connectivity index is 1.90. The van der Waals surface area contributed by atoms with Gasteiger partial charge in [0, 0.05) is 55.9 Å². The fourth-order valence-corrected chi connectivity index (χ4v) is 3.48. The van der Waals surface area contributed by atoms with Gasteiger partial charge in [-0.15, -0.1) is 0 Å². The fraction of sp³-hybridized carbons (Fsp3) is 0.318. The minimum Gasteiger partial charge on any atom is -0.378 e. The van der Waals surface area contributed by atoms with Crippen LogP contribution in [-0.2, 0) is 0 Å². The monoisotopic (exact) mass is 380 g/mol. The molecule has 0 amide bonds. The zero-order chi connectivity index (χ0) is 19.2. The van der Waals surface area contributed by atoms with Crippen molar-refractivity contribution >= 4 is 33.9 Å². The van der Waals surface area contributed by atoms with Gasteiger partial charge in [-0.25, -0.2) is 0 Å². The lowest BCUT2D eigenvalue weighted by molar-refractivity contribution is 0.737. The van der Waals surface area contributed by atoms with Crippen LogP contribution in [0.1, 0.15) is 30.4 Å². The van der Waals surface area contributed by atoms with Crippen molar-refractivity contribution in [2.75, 3.05) is 32.1 Å². The van der Waals surface area contributed by atoms with Gasteiger partial charge in [0.25, 0.3) is 0 Å². The van der Waals surface area contributed by atoms with Crippen LogP contribution in [0.25, 0.3) is 10.9 Å². The molecular weight excluding hydrogens is 352 g/mol. The first-order chi connectivity index (χ1) is 13.1. The summed E-state index contributed by atoms with van der Waals surface area (Å²) in [7, 11) is 4.12. The van der Waals surface area contributed by atoms with E-state index >= 15 is 0 Å². The molecule has 0 aliphatic heterocycles. The number of para-hydroxylation sites is 1. The van der Waals surface area contributed by atoms with Gasteiger partial charge in [-0.2, -0.15) is 0 Å². The molecule has 0 aliphatic rings. The Labute approximate surface area is 167 Å². The zero-order valence-electron chi connectivity index (χ0n) is 16.3. The highest BCUT2D eigenvalue weighted by molar-refractivity contribution is 7.80. The maximum atomic E-state index is 5.43. The van der Waals surface area contributed by atoms with E-state index in [-0.39, 0.29) is 5.92 Å². The molecule has 4 nitrogen and oxygen atoms in total. The largest absolute Gasteiger partial charge is 0.378 e. The first-order valence-electron chi connectivity index (χ1n) is 9.45. The second-order valence-electron chi connectivity index (χ2n) is 6.96. The van der Waals surface area contributed by atoms with E-state index in [1.165, 1.54) is 22.2 Å². The van der Waals surface area contributed by atoms with Crippen molar-refractivity contribution < 1.29 is 0 Å². The molecule has 1 aromatic heterocycles. The maximum absolute atomic E-state index is 5.43. The number of fused-ring (bicyclic) bond motifs is 1. The van der Waals surface area contributed by atoms with Gasteiger partial charge in [0.1, 0.15) is 0 Å². The summed E-state index contributed by atoms with van der Waals surface area (Å²) in [6.45, 7) is 3.77. The van der Waals surface area contributed by atoms with Crippen LogP contribution < -0.4 is 15.5 Å². The number of aromatic amines is 1. The molecule has 3 rings (SSSR count). The number of aromatic nitrogens is 1. The highest BCUT2D eigenvalue weighted by Gasteiger charge is 2.18. The van der Waals surface area contributed by atoms with Crippen molar-refractivity contribution in [2.24, 2.45) is 0 Å². The Hall–Kier alpha value is -2.53. The van der Waals surface area contributed by atoms with Crippen molar-refractivity contribution in [3.05, 3.63) is 65.9 Å². The number of H-pyrrole nitrogens is 1. The Morgan fingerprint density at radius 2 is 1.81 bits per heavy atom. The van der Waals surface area contributed by atoms with Crippen LogP contribution in [0.5, 0.6) is 0 Å². The summed E-state index contributed by atoms with van der Waals surface area (Å²) in [5.74, 6) is 0.207. The van der Waals surface area contributed by atoms with Gasteiger partial charge in [-0.3, -0.25) is 0 Å². The predicted molar refractivity (Wildman–Crippen MR) is 120 cm³/mol. The summed E-state index contributed by atoms with van der Waals surface area (Å²) < 4.78 is 0. The number of nitrogens with zero attached hydrogens (tertiary/aromatic N) is 1. The lowest BCUT2D eigenvalue weighted by Crippen LogP contribution is -2.38. The van der Waals surface area contributed by atoms with E-state index < -0.39 is 0 Å². The van der Waals surface area contributed by atoms with E-state index in [2.05, 4.69) is 96.3 Å². The highest BCUT2D eigenvalue weighted by atomic mass is 32.1. The normalized spacial score (nSPS) is 12.0. The highest BCUT2D eigenvalue weighted by Crippen LogP contribution is 2.31. The third kappa shape index (κ3) is 4.61. The van der Waals surface area contributed by atoms with E-state index in [0.717, 1.165) is 25.0 Å². The molecule has 3 aromatic rings. The Bertz CT molecular complexity index is 883. The second kappa shape index (κ2) is 8.91. The van der Waals surface area contributed by atoms with Gasteiger partial charge >= 0.3 is 0 Å². The zero-order valence-corrected chi connectivity index (χ0v) is 17.1. The van der Waals surface area contributed by atoms with Gasteiger partial charge in [0.15, 0.2) is 5.11 Å². The van der Waals surface area contributed by atoms with Crippen molar-refractivity contribution in [1.29, 1.82) is 0 Å². The SMILES string of the molecule is CCCNC(=S)NC[C@@H](c1ccc(N(C)C)cc1)c1c[nH]c2ccccc12. The molecule has 0 unspecified atom stereocenters. The lowest BCUT2D eigenvalue weighted by Gasteiger charge is -2.21. The summed E-state index contributed by atoms with van der Waals surface area (Å²) in [5, 5.41) is 8.63. The maximum Gasteiger partial charge on any atom is 0.166 e. The van der Waals surface area contributed by atoms with E-state index in [9.17, 15) is 0 Å². The molecule has 0 spiro atoms. The van der Waals surface area contributed by atoms with Crippen LogP contribution in [0.15, 0.2) is 54.7 Å². The Morgan fingerprint density at radius 1 is 1.07 bits per heavy atom. The second-order valence-corrected chi connectivity index (χ2v) is 7.37. The quantitative estimate of drug-likeness (QED) is 0.537. The summed E-state index contributed by atoms with van der Waals surface area (Å²) in [6.07, 6.45) is 3.18. The number of thiocarbonyl (C=S) groups is 1. The molecule has 0 radical (unpaired) electrons. The minimum atomic E-state index is 0.207. The first-order valence-corrected chi connectivity index (χ1v) is 9.86. The molecule has 27 heavy (non-hydrogen) atoms. The predicted octanol–water partition coefficient (Wildman–Crippen LogP) is 4.24. The third-order valence-electron chi connectivity index (χ3n) is 4.81. The van der Waals surface area contributed by atoms with Crippen molar-refractivity contribution in [3.8, 4) is 0 Å². The number of rotatable bonds is 7. The van der Waals surface area contributed by atoms with Gasteiger partial charge < -0.3 is 20.5 Å². The topological polar surface area (TPSA) is 43.1 Å². The van der Waals surface area contributed by atoms with E-state index in [1.54, 1.807) is 0 Å². The number of hydrogen-bond acceptors (Lipinski definition) is 2. The molecule has 0 fully saturated rings. The molecule has 0 saturated heterocycles. The van der Waals surface area contributed by atoms with Crippen molar-refractivity contribution in [3.63, 3.8) is 0 Å². The molecule has 3 N–H and O–H groups in total. The van der Waals surface area contributed by atoms with Crippen LogP contribution in [0.4, 0.5) is 5.69 Å². The molecule has 0 bridgehead atoms. The Morgan fingerprint density at radius 3 is 2.52 bits per heavy atom. The smallest absolute Gasteiger partial charge is 0.166 e. The molecule has 0 saturated carbocycles. The molecule has 142 valence electrons. The summed E-state index contributed by atoms with van der Waals surface area (Å²) in [5.41, 5.74) is 4.92. The lowest BCUT2D eigenvalue weighted by atomic mass is 9.90. The molecule has 2 aromatic carbocycles. The van der Waals surface area contributed by atoms with Crippen LogP contribution in [0, 0.1) is 0 Å². The van der Waals surface area contributed by atoms with Crippen LogP contribution in [0.3, 0.4) is 0 Å². The van der Waals surface area contributed by atoms with E-state index in [4.69, 9.17) is 12.2 Å². The summed E-state index contributed by atoms with van der Waals surface area (Å²) >= 11 is 5.43. The number of anilines is 1. The molecule has 0 aliphatic carbocycles. The standard InChI is InChI=1S/C22H28N4S/c1-4-13-23-22(27)25-14-19(16-9-11-17(12-10-16)26(2)3)20-15-24-21-8-6-5-7-18(20)21/h5-12,15,19,24H,4,13-14H2,1-3H3,(H2,23,25,27)/t19-/m0/s1. The van der Waals surface area contributed by atoms with Gasteiger partial charge in [0.2, 0.25) is 0 Å². The molecular formula is C22H28N4S. The average Bonchev–Trinajstić information content (AvgIpc) is 3.11. The fourth-order valence-electron chi connectivity index (χ4n) is 3.29. The molecule has 1 heterocycles. The Kier molecular flexibility index (Phi) is 6.35. The summed E-state index contributed by atoms with van der Waals surface area (Å²) in [4.78, 5) is 5.52. The number of nitrogens with one attached hydrogen (secondary N) is 3. The number of hydrogen-bond donors (Lipinski definition) is 3. The molecule has 5 heteroatoms. The van der Waals surface area contributed by atoms with E-state index in [0.29, 0.717) is 5.11 Å². The summed E-state index contributed by atoms with van der Waals surface area (Å²) in [6, 6.07) is 17.2. The third-order valence-corrected chi connectivity index (χ3v) is 5.10. The van der Waals surface area contributed by atoms with Crippen LogP contribution in [0.2, 0.25) is 0 Å². The molecule has 1 atom stereocenters. The van der Waals surface area contributed by atoms with Crippen LogP contribution in [-0.4, -0.2) is 37.3 Å². The minimum absolute atomic E-state index is 0.207. The number of benzene rings is 2. The van der Waals surface area contributed by atoms with Gasteiger partial charge in [-0.05, 0) is 48.0 Å². The first kappa shape index (κ1) is 19.2. The van der Waals surface area contributed by atoms with Gasteiger partial charge in [-0.1, -0.05) is 37.3 Å². The van der Waals surface area contributed by atoms with Crippen molar-refractivity contribution in [2.45, 2.75) is 19.3 Å². The van der Waals surface area contributed by atoms with E-state index in [1.807, 2.05) is 0 Å².